The van der Waals surface area contributed by atoms with Crippen LogP contribution in [0, 0.1) is 15.9 Å². The van der Waals surface area contributed by atoms with Crippen LogP contribution in [0.25, 0.3) is 22.3 Å². The maximum absolute atomic E-state index is 14.4. The summed E-state index contributed by atoms with van der Waals surface area (Å²) in [6.45, 7) is 0. The predicted molar refractivity (Wildman–Crippen MR) is 105 cm³/mol. The van der Waals surface area contributed by atoms with Crippen molar-refractivity contribution in [2.24, 2.45) is 0 Å². The molecule has 0 bridgehead atoms. The van der Waals surface area contributed by atoms with E-state index in [1.165, 1.54) is 48.5 Å². The van der Waals surface area contributed by atoms with E-state index in [1.807, 2.05) is 0 Å². The van der Waals surface area contributed by atoms with E-state index in [9.17, 15) is 24.1 Å². The lowest BCUT2D eigenvalue weighted by molar-refractivity contribution is -0.385. The Hall–Kier alpha value is -4.40. The molecule has 0 fully saturated rings. The average Bonchev–Trinajstić information content (AvgIpc) is 2.76. The maximum atomic E-state index is 14.4. The molecule has 0 saturated carbocycles. The number of nitro benzene ring substituents is 1. The maximum Gasteiger partial charge on any atom is 0.370 e. The second kappa shape index (κ2) is 7.55. The van der Waals surface area contributed by atoms with Crippen LogP contribution in [0.15, 0.2) is 77.6 Å². The largest absolute Gasteiger partial charge is 0.370 e. The molecule has 0 aliphatic rings. The first-order valence-corrected chi connectivity index (χ1v) is 8.70. The number of para-hydroxylation sites is 2. The minimum atomic E-state index is -1.15. The van der Waals surface area contributed by atoms with E-state index in [4.69, 9.17) is 4.84 Å². The van der Waals surface area contributed by atoms with Crippen LogP contribution in [0.4, 0.5) is 10.1 Å². The first-order chi connectivity index (χ1) is 14.5. The fourth-order valence-corrected chi connectivity index (χ4v) is 2.95. The van der Waals surface area contributed by atoms with Gasteiger partial charge in [-0.15, -0.1) is 4.73 Å². The zero-order chi connectivity index (χ0) is 21.3. The van der Waals surface area contributed by atoms with Gasteiger partial charge in [-0.2, -0.15) is 0 Å². The number of rotatable bonds is 4. The van der Waals surface area contributed by atoms with Crippen molar-refractivity contribution < 1.29 is 18.9 Å². The molecule has 30 heavy (non-hydrogen) atoms. The van der Waals surface area contributed by atoms with E-state index < -0.39 is 28.0 Å². The molecule has 3 aromatic carbocycles. The number of fused-ring (bicyclic) bond motifs is 1. The molecule has 0 aliphatic carbocycles. The number of carbonyl (C=O) groups is 1. The molecule has 1 heterocycles. The van der Waals surface area contributed by atoms with Crippen molar-refractivity contribution in [1.82, 2.24) is 9.71 Å². The normalized spacial score (nSPS) is 10.7. The van der Waals surface area contributed by atoms with Crippen molar-refractivity contribution in [2.45, 2.75) is 0 Å². The lowest BCUT2D eigenvalue weighted by atomic mass is 10.1. The minimum Gasteiger partial charge on any atom is -0.326 e. The second-order valence-corrected chi connectivity index (χ2v) is 6.18. The summed E-state index contributed by atoms with van der Waals surface area (Å²) in [6, 6.07) is 17.0. The second-order valence-electron chi connectivity index (χ2n) is 6.18. The Morgan fingerprint density at radius 1 is 1.00 bits per heavy atom. The molecular weight excluding hydrogens is 393 g/mol. The van der Waals surface area contributed by atoms with Gasteiger partial charge in [0.25, 0.3) is 11.2 Å². The molecule has 4 aromatic rings. The molecule has 0 amide bonds. The standard InChI is InChI=1S/C21H12FN3O5/c22-16-10-4-1-7-13(16)19-23-17-11-5-2-8-14(17)20(26)24(19)30-21(27)15-9-3-6-12-18(15)25(28)29/h1-12H. The molecule has 148 valence electrons. The van der Waals surface area contributed by atoms with Crippen LogP contribution >= 0.6 is 0 Å². The van der Waals surface area contributed by atoms with Crippen LogP contribution in [0.5, 0.6) is 0 Å². The quantitative estimate of drug-likeness (QED) is 0.381. The van der Waals surface area contributed by atoms with Gasteiger partial charge >= 0.3 is 5.97 Å². The van der Waals surface area contributed by atoms with Crippen molar-refractivity contribution in [1.29, 1.82) is 0 Å². The van der Waals surface area contributed by atoms with Crippen LogP contribution in [-0.4, -0.2) is 20.6 Å². The highest BCUT2D eigenvalue weighted by Gasteiger charge is 2.24. The van der Waals surface area contributed by atoms with Gasteiger partial charge in [0.15, 0.2) is 5.82 Å². The molecule has 8 nitrogen and oxygen atoms in total. The predicted octanol–water partition coefficient (Wildman–Crippen LogP) is 3.38. The zero-order valence-corrected chi connectivity index (χ0v) is 15.2. The third-order valence-corrected chi connectivity index (χ3v) is 4.35. The van der Waals surface area contributed by atoms with Crippen LogP contribution in [0.2, 0.25) is 0 Å². The Kier molecular flexibility index (Phi) is 4.77. The Labute approximate surface area is 167 Å². The molecule has 0 unspecified atom stereocenters. The molecule has 9 heteroatoms. The SMILES string of the molecule is O=C(On1c(-c2ccccc2F)nc2ccccc2c1=O)c1ccccc1[N+](=O)[O-]. The number of nitrogens with zero attached hydrogens (tertiary/aromatic N) is 3. The Morgan fingerprint density at radius 3 is 2.43 bits per heavy atom. The summed E-state index contributed by atoms with van der Waals surface area (Å²) in [5, 5.41) is 11.4. The van der Waals surface area contributed by atoms with Gasteiger partial charge in [-0.25, -0.2) is 14.2 Å². The van der Waals surface area contributed by atoms with Gasteiger partial charge in [-0.05, 0) is 30.3 Å². The van der Waals surface area contributed by atoms with Crippen molar-refractivity contribution >= 4 is 22.6 Å². The van der Waals surface area contributed by atoms with E-state index in [0.29, 0.717) is 4.73 Å². The number of hydrogen-bond acceptors (Lipinski definition) is 6. The molecule has 0 saturated heterocycles. The van der Waals surface area contributed by atoms with Gasteiger partial charge < -0.3 is 4.84 Å². The smallest absolute Gasteiger partial charge is 0.326 e. The third-order valence-electron chi connectivity index (χ3n) is 4.35. The summed E-state index contributed by atoms with van der Waals surface area (Å²) in [5.41, 5.74) is -1.40. The molecule has 0 atom stereocenters. The molecule has 0 radical (unpaired) electrons. The molecule has 0 spiro atoms. The highest BCUT2D eigenvalue weighted by molar-refractivity contribution is 5.94. The van der Waals surface area contributed by atoms with E-state index in [-0.39, 0.29) is 27.9 Å². The van der Waals surface area contributed by atoms with E-state index in [2.05, 4.69) is 4.98 Å². The number of aromatic nitrogens is 2. The lowest BCUT2D eigenvalue weighted by Gasteiger charge is -2.13. The van der Waals surface area contributed by atoms with E-state index >= 15 is 0 Å². The summed E-state index contributed by atoms with van der Waals surface area (Å²) in [7, 11) is 0. The first-order valence-electron chi connectivity index (χ1n) is 8.70. The number of carbonyl (C=O) groups excluding carboxylic acids is 1. The Bertz CT molecular complexity index is 1370. The van der Waals surface area contributed by atoms with E-state index in [0.717, 1.165) is 6.07 Å². The van der Waals surface area contributed by atoms with Gasteiger partial charge in [0, 0.05) is 6.07 Å². The van der Waals surface area contributed by atoms with Gasteiger partial charge in [0.1, 0.15) is 11.4 Å². The highest BCUT2D eigenvalue weighted by Crippen LogP contribution is 2.22. The topological polar surface area (TPSA) is 104 Å². The average molecular weight is 405 g/mol. The number of halogens is 1. The molecular formula is C21H12FN3O5. The van der Waals surface area contributed by atoms with Gasteiger partial charge in [0.05, 0.1) is 21.4 Å². The zero-order valence-electron chi connectivity index (χ0n) is 15.2. The molecule has 0 N–H and O–H groups in total. The van der Waals surface area contributed by atoms with Crippen LogP contribution in [0.1, 0.15) is 10.4 Å². The van der Waals surface area contributed by atoms with Crippen LogP contribution in [0.3, 0.4) is 0 Å². The Morgan fingerprint density at radius 2 is 1.67 bits per heavy atom. The third kappa shape index (κ3) is 3.28. The number of nitro groups is 1. The molecule has 1 aromatic heterocycles. The summed E-state index contributed by atoms with van der Waals surface area (Å²) in [4.78, 5) is 45.7. The fourth-order valence-electron chi connectivity index (χ4n) is 2.95. The molecule has 4 rings (SSSR count). The van der Waals surface area contributed by atoms with Crippen molar-refractivity contribution in [3.63, 3.8) is 0 Å². The highest BCUT2D eigenvalue weighted by atomic mass is 19.1. The van der Waals surface area contributed by atoms with Crippen LogP contribution in [-0.2, 0) is 0 Å². The summed E-state index contributed by atoms with van der Waals surface area (Å²) >= 11 is 0. The van der Waals surface area contributed by atoms with E-state index in [1.54, 1.807) is 18.2 Å². The fraction of sp³-hybridized carbons (Fsp3) is 0. The Balaban J connectivity index is 1.92. The van der Waals surface area contributed by atoms with Crippen LogP contribution < -0.4 is 10.4 Å². The summed E-state index contributed by atoms with van der Waals surface area (Å²) in [6.07, 6.45) is 0. The number of benzene rings is 3. The number of hydrogen-bond donors (Lipinski definition) is 0. The van der Waals surface area contributed by atoms with Crippen molar-refractivity contribution in [3.8, 4) is 11.4 Å². The van der Waals surface area contributed by atoms with Gasteiger partial charge in [0.2, 0.25) is 0 Å². The molecule has 0 aliphatic heterocycles. The van der Waals surface area contributed by atoms with Gasteiger partial charge in [-0.1, -0.05) is 36.4 Å². The summed E-state index contributed by atoms with van der Waals surface area (Å²) in [5.74, 6) is -2.09. The van der Waals surface area contributed by atoms with Crippen molar-refractivity contribution in [2.75, 3.05) is 0 Å². The van der Waals surface area contributed by atoms with Gasteiger partial charge in [-0.3, -0.25) is 14.9 Å². The lowest BCUT2D eigenvalue weighted by Crippen LogP contribution is -2.33. The minimum absolute atomic E-state index is 0.0734. The first kappa shape index (κ1) is 18.9. The summed E-state index contributed by atoms with van der Waals surface area (Å²) < 4.78 is 15.0. The van der Waals surface area contributed by atoms with Crippen molar-refractivity contribution in [3.05, 3.63) is 105 Å². The monoisotopic (exact) mass is 405 g/mol.